The Balaban J connectivity index is 2.29. The van der Waals surface area contributed by atoms with E-state index in [9.17, 15) is 9.90 Å². The maximum absolute atomic E-state index is 11.3. The SMILES string of the molecule is CC(=O)OC(c1ccc(C)cc1)C1(O)CCCCC1. The van der Waals surface area contributed by atoms with Crippen molar-refractivity contribution < 1.29 is 14.6 Å². The summed E-state index contributed by atoms with van der Waals surface area (Å²) in [7, 11) is 0. The number of hydrogen-bond donors (Lipinski definition) is 1. The summed E-state index contributed by atoms with van der Waals surface area (Å²) in [5, 5.41) is 10.8. The van der Waals surface area contributed by atoms with E-state index in [2.05, 4.69) is 0 Å². The molecule has 2 rings (SSSR count). The molecule has 104 valence electrons. The molecule has 1 fully saturated rings. The first-order valence-corrected chi connectivity index (χ1v) is 6.97. The molecule has 3 nitrogen and oxygen atoms in total. The second-order valence-electron chi connectivity index (χ2n) is 5.56. The summed E-state index contributed by atoms with van der Waals surface area (Å²) < 4.78 is 5.43. The van der Waals surface area contributed by atoms with Crippen LogP contribution in [0.2, 0.25) is 0 Å². The molecule has 1 aliphatic carbocycles. The lowest BCUT2D eigenvalue weighted by Gasteiger charge is -2.38. The molecule has 0 heterocycles. The summed E-state index contributed by atoms with van der Waals surface area (Å²) in [4.78, 5) is 11.3. The minimum atomic E-state index is -0.917. The third-order valence-corrected chi connectivity index (χ3v) is 3.87. The number of carbonyl (C=O) groups is 1. The van der Waals surface area contributed by atoms with E-state index in [0.717, 1.165) is 30.4 Å². The molecule has 1 N–H and O–H groups in total. The fourth-order valence-corrected chi connectivity index (χ4v) is 2.82. The first-order valence-electron chi connectivity index (χ1n) is 6.97. The molecule has 19 heavy (non-hydrogen) atoms. The molecule has 3 heteroatoms. The van der Waals surface area contributed by atoms with Gasteiger partial charge in [0.05, 0.1) is 0 Å². The highest BCUT2D eigenvalue weighted by molar-refractivity contribution is 5.66. The first kappa shape index (κ1) is 14.1. The summed E-state index contributed by atoms with van der Waals surface area (Å²) in [5.41, 5.74) is 1.12. The zero-order valence-corrected chi connectivity index (χ0v) is 11.7. The maximum Gasteiger partial charge on any atom is 0.303 e. The average Bonchev–Trinajstić information content (AvgIpc) is 2.38. The maximum atomic E-state index is 11.3. The van der Waals surface area contributed by atoms with Gasteiger partial charge in [0.25, 0.3) is 0 Å². The Bertz CT molecular complexity index is 430. The molecule has 1 aromatic rings. The monoisotopic (exact) mass is 262 g/mol. The van der Waals surface area contributed by atoms with E-state index in [0.29, 0.717) is 12.8 Å². The van der Waals surface area contributed by atoms with Gasteiger partial charge in [0.15, 0.2) is 6.10 Å². The number of rotatable bonds is 3. The van der Waals surface area contributed by atoms with Gasteiger partial charge in [0, 0.05) is 6.92 Å². The lowest BCUT2D eigenvalue weighted by molar-refractivity contribution is -0.168. The molecule has 0 aromatic heterocycles. The van der Waals surface area contributed by atoms with Crippen LogP contribution in [0.5, 0.6) is 0 Å². The Morgan fingerprint density at radius 1 is 1.21 bits per heavy atom. The van der Waals surface area contributed by atoms with E-state index in [1.54, 1.807) is 0 Å². The molecule has 0 saturated heterocycles. The molecule has 0 bridgehead atoms. The van der Waals surface area contributed by atoms with Crippen LogP contribution < -0.4 is 0 Å². The summed E-state index contributed by atoms with van der Waals surface area (Å²) in [6.07, 6.45) is 3.95. The summed E-state index contributed by atoms with van der Waals surface area (Å²) in [5.74, 6) is -0.343. The third-order valence-electron chi connectivity index (χ3n) is 3.87. The van der Waals surface area contributed by atoms with Crippen LogP contribution in [0.15, 0.2) is 24.3 Å². The van der Waals surface area contributed by atoms with Crippen molar-refractivity contribution >= 4 is 5.97 Å². The third kappa shape index (κ3) is 3.35. The molecule has 1 unspecified atom stereocenters. The van der Waals surface area contributed by atoms with Crippen LogP contribution in [0.25, 0.3) is 0 Å². The van der Waals surface area contributed by atoms with Gasteiger partial charge in [0.2, 0.25) is 0 Å². The van der Waals surface area contributed by atoms with Crippen LogP contribution >= 0.6 is 0 Å². The van der Waals surface area contributed by atoms with E-state index in [4.69, 9.17) is 4.74 Å². The highest BCUT2D eigenvalue weighted by Crippen LogP contribution is 2.40. The van der Waals surface area contributed by atoms with Gasteiger partial charge in [-0.25, -0.2) is 0 Å². The van der Waals surface area contributed by atoms with E-state index in [1.165, 1.54) is 6.92 Å². The van der Waals surface area contributed by atoms with E-state index in [1.807, 2.05) is 31.2 Å². The fraction of sp³-hybridized carbons (Fsp3) is 0.562. The molecule has 0 amide bonds. The normalized spacial score (nSPS) is 19.7. The van der Waals surface area contributed by atoms with Gasteiger partial charge in [-0.1, -0.05) is 49.1 Å². The van der Waals surface area contributed by atoms with Crippen molar-refractivity contribution in [2.45, 2.75) is 57.7 Å². The Kier molecular flexibility index (Phi) is 4.25. The zero-order valence-electron chi connectivity index (χ0n) is 11.7. The van der Waals surface area contributed by atoms with Crippen LogP contribution in [0.1, 0.15) is 56.3 Å². The predicted octanol–water partition coefficient (Wildman–Crippen LogP) is 3.29. The lowest BCUT2D eigenvalue weighted by Crippen LogP contribution is -2.40. The Labute approximate surface area is 114 Å². The average molecular weight is 262 g/mol. The van der Waals surface area contributed by atoms with Gasteiger partial charge in [0.1, 0.15) is 5.60 Å². The van der Waals surface area contributed by atoms with Crippen molar-refractivity contribution in [1.82, 2.24) is 0 Å². The molecule has 1 saturated carbocycles. The van der Waals surface area contributed by atoms with Gasteiger partial charge >= 0.3 is 5.97 Å². The van der Waals surface area contributed by atoms with Gasteiger partial charge in [-0.2, -0.15) is 0 Å². The van der Waals surface area contributed by atoms with Crippen LogP contribution in [0, 0.1) is 6.92 Å². The molecule has 1 atom stereocenters. The zero-order chi connectivity index (χ0) is 13.9. The van der Waals surface area contributed by atoms with E-state index in [-0.39, 0.29) is 5.97 Å². The minimum absolute atomic E-state index is 0.343. The highest BCUT2D eigenvalue weighted by atomic mass is 16.6. The molecular weight excluding hydrogens is 240 g/mol. The van der Waals surface area contributed by atoms with Gasteiger partial charge in [-0.05, 0) is 25.3 Å². The Morgan fingerprint density at radius 3 is 2.32 bits per heavy atom. The Morgan fingerprint density at radius 2 is 1.79 bits per heavy atom. The van der Waals surface area contributed by atoms with Gasteiger partial charge in [-0.3, -0.25) is 4.79 Å². The van der Waals surface area contributed by atoms with Crippen LogP contribution in [0.3, 0.4) is 0 Å². The molecule has 0 radical (unpaired) electrons. The second kappa shape index (κ2) is 5.74. The van der Waals surface area contributed by atoms with Crippen LogP contribution in [0.4, 0.5) is 0 Å². The standard InChI is InChI=1S/C16H22O3/c1-12-6-8-14(9-7-12)15(19-13(2)17)16(18)10-4-3-5-11-16/h6-9,15,18H,3-5,10-11H2,1-2H3. The number of esters is 1. The molecule has 1 aliphatic rings. The predicted molar refractivity (Wildman–Crippen MR) is 73.7 cm³/mol. The Hall–Kier alpha value is -1.35. The number of hydrogen-bond acceptors (Lipinski definition) is 3. The number of benzene rings is 1. The molecule has 1 aromatic carbocycles. The van der Waals surface area contributed by atoms with Crippen molar-refractivity contribution in [3.8, 4) is 0 Å². The van der Waals surface area contributed by atoms with E-state index >= 15 is 0 Å². The summed E-state index contributed by atoms with van der Waals surface area (Å²) >= 11 is 0. The minimum Gasteiger partial charge on any atom is -0.455 e. The van der Waals surface area contributed by atoms with Gasteiger partial charge < -0.3 is 9.84 Å². The number of aryl methyl sites for hydroxylation is 1. The topological polar surface area (TPSA) is 46.5 Å². The van der Waals surface area contributed by atoms with Crippen molar-refractivity contribution in [3.05, 3.63) is 35.4 Å². The number of ether oxygens (including phenoxy) is 1. The van der Waals surface area contributed by atoms with Crippen LogP contribution in [-0.4, -0.2) is 16.7 Å². The summed E-state index contributed by atoms with van der Waals surface area (Å²) in [6, 6.07) is 7.85. The van der Waals surface area contributed by atoms with Crippen molar-refractivity contribution in [2.75, 3.05) is 0 Å². The number of aliphatic hydroxyl groups is 1. The van der Waals surface area contributed by atoms with Crippen LogP contribution in [-0.2, 0) is 9.53 Å². The largest absolute Gasteiger partial charge is 0.455 e. The smallest absolute Gasteiger partial charge is 0.303 e. The molecule has 0 spiro atoms. The molecular formula is C16H22O3. The first-order chi connectivity index (χ1) is 9.01. The van der Waals surface area contributed by atoms with Crippen molar-refractivity contribution in [2.24, 2.45) is 0 Å². The van der Waals surface area contributed by atoms with Gasteiger partial charge in [-0.15, -0.1) is 0 Å². The summed E-state index contributed by atoms with van der Waals surface area (Å²) in [6.45, 7) is 3.41. The van der Waals surface area contributed by atoms with Crippen molar-refractivity contribution in [3.63, 3.8) is 0 Å². The molecule has 0 aliphatic heterocycles. The second-order valence-corrected chi connectivity index (χ2v) is 5.56. The lowest BCUT2D eigenvalue weighted by atomic mass is 9.78. The van der Waals surface area contributed by atoms with E-state index < -0.39 is 11.7 Å². The quantitative estimate of drug-likeness (QED) is 0.850. The number of carbonyl (C=O) groups excluding carboxylic acids is 1. The fourth-order valence-electron chi connectivity index (χ4n) is 2.82. The highest BCUT2D eigenvalue weighted by Gasteiger charge is 2.41. The van der Waals surface area contributed by atoms with Crippen molar-refractivity contribution in [1.29, 1.82) is 0 Å².